The highest BCUT2D eigenvalue weighted by Crippen LogP contribution is 2.36. The Morgan fingerprint density at radius 2 is 1.71 bits per heavy atom. The Hall–Kier alpha value is -1.34. The van der Waals surface area contributed by atoms with E-state index in [-0.39, 0.29) is 11.4 Å². The first-order valence-corrected chi connectivity index (χ1v) is 13.8. The first kappa shape index (κ1) is 28.2. The zero-order valence-corrected chi connectivity index (χ0v) is 24.2. The Kier molecular flexibility index (Phi) is 9.90. The van der Waals surface area contributed by atoms with Crippen molar-refractivity contribution in [2.45, 2.75) is 46.2 Å². The van der Waals surface area contributed by atoms with Crippen molar-refractivity contribution in [2.24, 2.45) is 0 Å². The van der Waals surface area contributed by atoms with Crippen LogP contribution in [-0.2, 0) is 12.6 Å². The molecule has 2 aromatic carbocycles. The number of ketones is 1. The molecule has 0 unspecified atom stereocenters. The first-order valence-electron chi connectivity index (χ1n) is 11.6. The molecule has 0 aliphatic carbocycles. The van der Waals surface area contributed by atoms with E-state index in [2.05, 4.69) is 63.9 Å². The second-order valence-corrected chi connectivity index (χ2v) is 10.5. The normalized spacial score (nSPS) is 12.0. The molecule has 1 aromatic heterocycles. The summed E-state index contributed by atoms with van der Waals surface area (Å²) in [6.45, 7) is 9.47. The average Bonchev–Trinajstić information content (AvgIpc) is 3.18. The highest BCUT2D eigenvalue weighted by molar-refractivity contribution is 14.1. The van der Waals surface area contributed by atoms with Gasteiger partial charge in [-0.05, 0) is 95.0 Å². The number of benzene rings is 2. The Labute approximate surface area is 230 Å². The molecule has 35 heavy (non-hydrogen) atoms. The molecule has 0 fully saturated rings. The number of alkyl halides is 3. The van der Waals surface area contributed by atoms with Crippen LogP contribution in [0.5, 0.6) is 5.75 Å². The van der Waals surface area contributed by atoms with Crippen LogP contribution in [0.25, 0.3) is 11.0 Å². The van der Waals surface area contributed by atoms with Crippen LogP contribution in [0.3, 0.4) is 0 Å². The highest BCUT2D eigenvalue weighted by Gasteiger charge is 2.32. The van der Waals surface area contributed by atoms with E-state index in [1.165, 1.54) is 6.07 Å². The summed E-state index contributed by atoms with van der Waals surface area (Å²) in [4.78, 5) is 15.9. The number of halogens is 5. The fourth-order valence-electron chi connectivity index (χ4n) is 3.88. The summed E-state index contributed by atoms with van der Waals surface area (Å²) in [7, 11) is 0. The predicted molar refractivity (Wildman–Crippen MR) is 148 cm³/mol. The van der Waals surface area contributed by atoms with Gasteiger partial charge in [-0.25, -0.2) is 0 Å². The van der Waals surface area contributed by atoms with Gasteiger partial charge in [-0.2, -0.15) is 13.2 Å². The highest BCUT2D eigenvalue weighted by atomic mass is 127. The third-order valence-corrected chi connectivity index (χ3v) is 7.49. The third-order valence-electron chi connectivity index (χ3n) is 5.88. The van der Waals surface area contributed by atoms with Crippen LogP contribution in [0.4, 0.5) is 13.2 Å². The first-order chi connectivity index (χ1) is 16.6. The number of carbonyl (C=O) groups is 1. The molecular formula is C26H28F3I2NO3. The maximum atomic E-state index is 13.6. The van der Waals surface area contributed by atoms with E-state index in [1.807, 2.05) is 6.92 Å². The van der Waals surface area contributed by atoms with Gasteiger partial charge in [-0.15, -0.1) is 0 Å². The van der Waals surface area contributed by atoms with Crippen molar-refractivity contribution in [3.8, 4) is 5.75 Å². The number of carbonyl (C=O) groups excluding carboxylic acids is 1. The van der Waals surface area contributed by atoms with Crippen molar-refractivity contribution >= 4 is 61.9 Å². The number of ether oxygens (including phenoxy) is 1. The number of rotatable bonds is 11. The summed E-state index contributed by atoms with van der Waals surface area (Å²) in [5, 5.41) is 0.402. The molecule has 0 saturated heterocycles. The Bertz CT molecular complexity index is 1160. The molecule has 0 N–H and O–H groups in total. The van der Waals surface area contributed by atoms with Gasteiger partial charge in [0.15, 0.2) is 5.78 Å². The summed E-state index contributed by atoms with van der Waals surface area (Å²) in [5.74, 6) is 0.892. The van der Waals surface area contributed by atoms with Crippen molar-refractivity contribution in [3.05, 3.63) is 59.9 Å². The van der Waals surface area contributed by atoms with Crippen LogP contribution in [0, 0.1) is 7.14 Å². The second kappa shape index (κ2) is 12.3. The van der Waals surface area contributed by atoms with Crippen molar-refractivity contribution in [3.63, 3.8) is 0 Å². The molecule has 0 radical (unpaired) electrons. The molecule has 0 amide bonds. The van der Waals surface area contributed by atoms with E-state index >= 15 is 0 Å². The van der Waals surface area contributed by atoms with Gasteiger partial charge in [0.2, 0.25) is 0 Å². The molecule has 0 bridgehead atoms. The SMILES string of the molecule is CCCCc1oc2cc(C(F)(F)F)ccc2c1C(=O)c1cc(I)c(OCCN(CC)CC)c(I)c1. The topological polar surface area (TPSA) is 42.7 Å². The lowest BCUT2D eigenvalue weighted by atomic mass is 9.97. The number of unbranched alkanes of at least 4 members (excludes halogenated alkanes) is 1. The molecular weight excluding hydrogens is 685 g/mol. The van der Waals surface area contributed by atoms with Crippen molar-refractivity contribution in [1.82, 2.24) is 4.90 Å². The van der Waals surface area contributed by atoms with E-state index in [1.54, 1.807) is 12.1 Å². The average molecular weight is 713 g/mol. The summed E-state index contributed by atoms with van der Waals surface area (Å²) >= 11 is 4.31. The van der Waals surface area contributed by atoms with E-state index < -0.39 is 11.7 Å². The maximum Gasteiger partial charge on any atom is 0.416 e. The van der Waals surface area contributed by atoms with Crippen molar-refractivity contribution in [2.75, 3.05) is 26.2 Å². The van der Waals surface area contributed by atoms with Crippen LogP contribution in [0.2, 0.25) is 0 Å². The quantitative estimate of drug-likeness (QED) is 0.150. The zero-order chi connectivity index (χ0) is 25.8. The van der Waals surface area contributed by atoms with E-state index in [0.717, 1.165) is 57.5 Å². The number of fused-ring (bicyclic) bond motifs is 1. The Morgan fingerprint density at radius 3 is 2.29 bits per heavy atom. The monoisotopic (exact) mass is 713 g/mol. The van der Waals surface area contributed by atoms with Gasteiger partial charge >= 0.3 is 6.18 Å². The summed E-state index contributed by atoms with van der Waals surface area (Å²) in [6.07, 6.45) is -2.37. The lowest BCUT2D eigenvalue weighted by Crippen LogP contribution is -2.28. The molecule has 190 valence electrons. The van der Waals surface area contributed by atoms with Gasteiger partial charge in [0.25, 0.3) is 0 Å². The lowest BCUT2D eigenvalue weighted by molar-refractivity contribution is -0.137. The van der Waals surface area contributed by atoms with E-state index in [9.17, 15) is 18.0 Å². The van der Waals surface area contributed by atoms with Gasteiger partial charge in [0, 0.05) is 23.9 Å². The van der Waals surface area contributed by atoms with Crippen LogP contribution >= 0.6 is 45.2 Å². The molecule has 0 atom stereocenters. The van der Waals surface area contributed by atoms with Gasteiger partial charge in [0.1, 0.15) is 23.7 Å². The largest absolute Gasteiger partial charge is 0.490 e. The molecule has 0 saturated carbocycles. The van der Waals surface area contributed by atoms with Gasteiger partial charge in [0.05, 0.1) is 18.3 Å². The smallest absolute Gasteiger partial charge is 0.416 e. The molecule has 9 heteroatoms. The van der Waals surface area contributed by atoms with Crippen LogP contribution < -0.4 is 4.74 Å². The number of nitrogens with zero attached hydrogens (tertiary/aromatic N) is 1. The fourth-order valence-corrected chi connectivity index (χ4v) is 5.96. The van der Waals surface area contributed by atoms with E-state index in [4.69, 9.17) is 9.15 Å². The van der Waals surface area contributed by atoms with Crippen LogP contribution in [0.15, 0.2) is 34.7 Å². The molecule has 4 nitrogen and oxygen atoms in total. The van der Waals surface area contributed by atoms with Gasteiger partial charge in [-0.3, -0.25) is 4.79 Å². The number of hydrogen-bond donors (Lipinski definition) is 0. The maximum absolute atomic E-state index is 13.6. The van der Waals surface area contributed by atoms with Gasteiger partial charge < -0.3 is 14.1 Å². The second-order valence-electron chi connectivity index (χ2n) is 8.19. The molecule has 0 aliphatic rings. The standard InChI is InChI=1S/C26H28F3I2NO3/c1-4-7-8-21-23(18-10-9-17(26(27,28)29)15-22(18)35-21)24(33)16-13-19(30)25(20(31)14-16)34-12-11-32(5-2)6-3/h9-10,13-15H,4-8,11-12H2,1-3H3. The minimum atomic E-state index is -4.48. The van der Waals surface area contributed by atoms with Crippen molar-refractivity contribution < 1.29 is 27.1 Å². The predicted octanol–water partition coefficient (Wildman–Crippen LogP) is 7.96. The molecule has 0 aliphatic heterocycles. The van der Waals surface area contributed by atoms with E-state index in [0.29, 0.717) is 35.3 Å². The summed E-state index contributed by atoms with van der Waals surface area (Å²) in [6, 6.07) is 6.85. The Morgan fingerprint density at radius 1 is 1.06 bits per heavy atom. The van der Waals surface area contributed by atoms with Gasteiger partial charge in [-0.1, -0.05) is 27.2 Å². The Balaban J connectivity index is 1.96. The van der Waals surface area contributed by atoms with Crippen molar-refractivity contribution in [1.29, 1.82) is 0 Å². The number of likely N-dealkylation sites (N-methyl/N-ethyl adjacent to an activating group) is 1. The lowest BCUT2D eigenvalue weighted by Gasteiger charge is -2.19. The number of furan rings is 1. The molecule has 1 heterocycles. The molecule has 3 rings (SSSR count). The number of aryl methyl sites for hydroxylation is 1. The van der Waals surface area contributed by atoms with Crippen LogP contribution in [0.1, 0.15) is 60.9 Å². The fraction of sp³-hybridized carbons (Fsp3) is 0.423. The minimum absolute atomic E-state index is 0.0787. The minimum Gasteiger partial charge on any atom is -0.490 e. The van der Waals surface area contributed by atoms with Crippen LogP contribution in [-0.4, -0.2) is 36.9 Å². The summed E-state index contributed by atoms with van der Waals surface area (Å²) in [5.41, 5.74) is 0.0735. The summed E-state index contributed by atoms with van der Waals surface area (Å²) < 4.78 is 53.1. The molecule has 0 spiro atoms. The zero-order valence-electron chi connectivity index (χ0n) is 19.9. The molecule has 3 aromatic rings. The third kappa shape index (κ3) is 6.71. The number of hydrogen-bond acceptors (Lipinski definition) is 4.